The molecule has 30 heavy (non-hydrogen) atoms. The molecule has 1 aliphatic carbocycles. The Labute approximate surface area is 178 Å². The molecule has 156 valence electrons. The molecule has 2 heterocycles. The summed E-state index contributed by atoms with van der Waals surface area (Å²) in [5, 5.41) is 10.2. The van der Waals surface area contributed by atoms with Gasteiger partial charge in [-0.2, -0.15) is 4.68 Å². The molecule has 4 N–H and O–H groups in total. The normalized spacial score (nSPS) is 18.1. The molecule has 0 atom stereocenters. The molecule has 0 bridgehead atoms. The van der Waals surface area contributed by atoms with Crippen LogP contribution in [0.1, 0.15) is 31.2 Å². The fourth-order valence-corrected chi connectivity index (χ4v) is 3.92. The van der Waals surface area contributed by atoms with Crippen LogP contribution in [-0.2, 0) is 0 Å². The molecule has 1 aliphatic rings. The van der Waals surface area contributed by atoms with Gasteiger partial charge >= 0.3 is 5.69 Å². The summed E-state index contributed by atoms with van der Waals surface area (Å²) in [6.07, 6.45) is 1.85. The van der Waals surface area contributed by atoms with Crippen molar-refractivity contribution >= 4 is 29.0 Å². The monoisotopic (exact) mass is 450 g/mol. The van der Waals surface area contributed by atoms with Gasteiger partial charge in [0.2, 0.25) is 11.7 Å². The maximum absolute atomic E-state index is 12.1. The van der Waals surface area contributed by atoms with Crippen molar-refractivity contribution in [2.45, 2.75) is 25.7 Å². The lowest BCUT2D eigenvalue weighted by molar-refractivity contribution is 0.285. The van der Waals surface area contributed by atoms with Crippen LogP contribution in [0.4, 0.5) is 5.82 Å². The smallest absolute Gasteiger partial charge is 0.349 e. The molecule has 12 heteroatoms. The molecule has 2 aromatic heterocycles. The summed E-state index contributed by atoms with van der Waals surface area (Å²) in [6, 6.07) is 4.31. The predicted octanol–water partition coefficient (Wildman–Crippen LogP) is 2.20. The maximum Gasteiger partial charge on any atom is 0.349 e. The number of nitrogens with two attached hydrogens (primary N) is 1. The first kappa shape index (κ1) is 20.2. The minimum Gasteiger partial charge on any atom is -0.434 e. The topological polar surface area (TPSA) is 149 Å². The number of halogens is 2. The van der Waals surface area contributed by atoms with E-state index >= 15 is 0 Å². The number of hydrogen-bond donors (Lipinski definition) is 3. The van der Waals surface area contributed by atoms with Gasteiger partial charge in [-0.1, -0.05) is 30.1 Å². The van der Waals surface area contributed by atoms with E-state index in [9.17, 15) is 14.4 Å². The van der Waals surface area contributed by atoms with E-state index in [1.54, 1.807) is 6.07 Å². The van der Waals surface area contributed by atoms with Crippen LogP contribution in [0.5, 0.6) is 11.6 Å². The zero-order chi connectivity index (χ0) is 21.6. The first-order valence-electron chi connectivity index (χ1n) is 8.99. The molecule has 0 aliphatic heterocycles. The molecule has 0 radical (unpaired) electrons. The van der Waals surface area contributed by atoms with Crippen molar-refractivity contribution in [3.63, 3.8) is 0 Å². The highest BCUT2D eigenvalue weighted by Crippen LogP contribution is 2.41. The van der Waals surface area contributed by atoms with Gasteiger partial charge in [0.25, 0.3) is 11.1 Å². The van der Waals surface area contributed by atoms with Crippen LogP contribution < -0.4 is 27.3 Å². The van der Waals surface area contributed by atoms with Crippen molar-refractivity contribution in [3.05, 3.63) is 65.0 Å². The molecular formula is C18H16Cl2N6O4. The van der Waals surface area contributed by atoms with E-state index < -0.39 is 17.1 Å². The third-order valence-electron chi connectivity index (χ3n) is 4.91. The van der Waals surface area contributed by atoms with E-state index in [4.69, 9.17) is 33.7 Å². The van der Waals surface area contributed by atoms with Gasteiger partial charge in [0.15, 0.2) is 5.75 Å². The van der Waals surface area contributed by atoms with E-state index in [-0.39, 0.29) is 38.8 Å². The highest BCUT2D eigenvalue weighted by Gasteiger charge is 2.29. The zero-order valence-electron chi connectivity index (χ0n) is 15.6. The second kappa shape index (κ2) is 7.62. The van der Waals surface area contributed by atoms with Crippen LogP contribution in [0.25, 0.3) is 5.69 Å². The second-order valence-corrected chi connectivity index (χ2v) is 7.98. The van der Waals surface area contributed by atoms with Gasteiger partial charge < -0.3 is 10.5 Å². The Morgan fingerprint density at radius 2 is 1.80 bits per heavy atom. The molecule has 1 aromatic carbocycles. The van der Waals surface area contributed by atoms with Gasteiger partial charge in [0.05, 0.1) is 15.7 Å². The van der Waals surface area contributed by atoms with E-state index in [2.05, 4.69) is 22.2 Å². The summed E-state index contributed by atoms with van der Waals surface area (Å²) in [7, 11) is 0. The SMILES string of the molecule is C[C@H]1C[C@H](c2cc(Oc3c(Cl)cc(-n4nc(N)c(=O)[nH]c4=O)cc3Cl)n[nH]c2=O)C1. The van der Waals surface area contributed by atoms with Crippen LogP contribution in [-0.4, -0.2) is 25.0 Å². The van der Waals surface area contributed by atoms with Crippen LogP contribution in [0.15, 0.2) is 32.6 Å². The average molecular weight is 451 g/mol. The Hall–Kier alpha value is -3.11. The first-order chi connectivity index (χ1) is 14.2. The van der Waals surface area contributed by atoms with Crippen molar-refractivity contribution < 1.29 is 4.74 Å². The van der Waals surface area contributed by atoms with Gasteiger partial charge in [0.1, 0.15) is 0 Å². The lowest BCUT2D eigenvalue weighted by Gasteiger charge is -2.32. The van der Waals surface area contributed by atoms with Crippen molar-refractivity contribution in [2.75, 3.05) is 5.73 Å². The number of hydrogen-bond acceptors (Lipinski definition) is 7. The molecule has 4 rings (SSSR count). The van der Waals surface area contributed by atoms with Gasteiger partial charge in [-0.25, -0.2) is 9.89 Å². The van der Waals surface area contributed by atoms with E-state index in [1.807, 2.05) is 4.98 Å². The lowest BCUT2D eigenvalue weighted by Crippen LogP contribution is -2.33. The van der Waals surface area contributed by atoms with Crippen molar-refractivity contribution in [2.24, 2.45) is 5.92 Å². The minimum atomic E-state index is -0.809. The molecule has 1 saturated carbocycles. The van der Waals surface area contributed by atoms with Crippen LogP contribution >= 0.6 is 23.2 Å². The van der Waals surface area contributed by atoms with Crippen molar-refractivity contribution in [1.82, 2.24) is 25.0 Å². The number of ether oxygens (including phenoxy) is 1. The summed E-state index contributed by atoms with van der Waals surface area (Å²) in [6.45, 7) is 2.13. The number of rotatable bonds is 4. The Balaban J connectivity index is 1.68. The average Bonchev–Trinajstić information content (AvgIpc) is 2.66. The summed E-state index contributed by atoms with van der Waals surface area (Å²) in [5.74, 6) is 0.551. The number of aromatic amines is 2. The van der Waals surface area contributed by atoms with Gasteiger partial charge in [-0.15, -0.1) is 10.2 Å². The standard InChI is InChI=1S/C18H16Cl2N6O4/c1-7-2-8(3-7)10-6-13(23-24-16(10)27)30-14-11(19)4-9(5-12(14)20)26-18(29)22-17(28)15(21)25-26/h4-8H,2-3H2,1H3,(H2,21,25)(H,24,27)(H,22,28,29)/t7-,8-. The first-order valence-corrected chi connectivity index (χ1v) is 9.74. The lowest BCUT2D eigenvalue weighted by atomic mass is 9.73. The Bertz CT molecular complexity index is 1290. The Morgan fingerprint density at radius 1 is 1.13 bits per heavy atom. The fraction of sp³-hybridized carbons (Fsp3) is 0.278. The minimum absolute atomic E-state index is 0.0581. The highest BCUT2D eigenvalue weighted by atomic mass is 35.5. The quantitative estimate of drug-likeness (QED) is 0.551. The van der Waals surface area contributed by atoms with Crippen LogP contribution in [0.3, 0.4) is 0 Å². The maximum atomic E-state index is 12.1. The van der Waals surface area contributed by atoms with Gasteiger partial charge in [-0.3, -0.25) is 14.6 Å². The number of nitrogens with zero attached hydrogens (tertiary/aromatic N) is 3. The zero-order valence-corrected chi connectivity index (χ0v) is 17.1. The predicted molar refractivity (Wildman–Crippen MR) is 111 cm³/mol. The molecular weight excluding hydrogens is 435 g/mol. The number of H-pyrrole nitrogens is 2. The number of nitrogens with one attached hydrogen (secondary N) is 2. The van der Waals surface area contributed by atoms with Crippen molar-refractivity contribution in [3.8, 4) is 17.3 Å². The third-order valence-corrected chi connectivity index (χ3v) is 5.47. The Morgan fingerprint density at radius 3 is 2.43 bits per heavy atom. The molecule has 3 aromatic rings. The van der Waals surface area contributed by atoms with Crippen molar-refractivity contribution in [1.29, 1.82) is 0 Å². The van der Waals surface area contributed by atoms with Crippen LogP contribution in [0.2, 0.25) is 10.0 Å². The molecule has 0 saturated heterocycles. The van der Waals surface area contributed by atoms with E-state index in [0.29, 0.717) is 11.5 Å². The molecule has 0 unspecified atom stereocenters. The summed E-state index contributed by atoms with van der Waals surface area (Å²) in [4.78, 5) is 37.5. The van der Waals surface area contributed by atoms with Crippen LogP contribution in [0, 0.1) is 5.92 Å². The Kier molecular flexibility index (Phi) is 5.12. The second-order valence-electron chi connectivity index (χ2n) is 7.16. The van der Waals surface area contributed by atoms with E-state index in [0.717, 1.165) is 17.5 Å². The summed E-state index contributed by atoms with van der Waals surface area (Å²) < 4.78 is 6.56. The molecule has 0 spiro atoms. The fourth-order valence-electron chi connectivity index (χ4n) is 3.37. The molecule has 0 amide bonds. The highest BCUT2D eigenvalue weighted by molar-refractivity contribution is 6.37. The number of anilines is 1. The van der Waals surface area contributed by atoms with E-state index in [1.165, 1.54) is 12.1 Å². The molecule has 10 nitrogen and oxygen atoms in total. The summed E-state index contributed by atoms with van der Waals surface area (Å²) in [5.41, 5.74) is 4.37. The van der Waals surface area contributed by atoms with Gasteiger partial charge in [0, 0.05) is 11.6 Å². The largest absolute Gasteiger partial charge is 0.434 e. The molecule has 1 fully saturated rings. The number of nitrogen functional groups attached to an aromatic ring is 1. The number of aromatic nitrogens is 5. The third kappa shape index (κ3) is 3.71. The summed E-state index contributed by atoms with van der Waals surface area (Å²) >= 11 is 12.6. The number of benzene rings is 1. The van der Waals surface area contributed by atoms with Gasteiger partial charge in [-0.05, 0) is 36.8 Å².